The molecule has 0 radical (unpaired) electrons. The summed E-state index contributed by atoms with van der Waals surface area (Å²) in [7, 11) is 1.62. The Kier molecular flexibility index (Phi) is 10.7. The summed E-state index contributed by atoms with van der Waals surface area (Å²) in [6.07, 6.45) is 1.85. The number of amides is 1. The van der Waals surface area contributed by atoms with E-state index in [4.69, 9.17) is 9.47 Å². The van der Waals surface area contributed by atoms with E-state index in [9.17, 15) is 14.7 Å². The van der Waals surface area contributed by atoms with E-state index in [0.717, 1.165) is 42.0 Å². The Balaban J connectivity index is 0.00000187. The fraction of sp³-hybridized carbons (Fsp3) is 0.462. The SMILES string of the molecule is CC.CCOc1cc(OC)ccc1CNCC(=O)N1CCCC(c2cccc(C(=O)O)c2)C1. The summed E-state index contributed by atoms with van der Waals surface area (Å²) in [5.41, 5.74) is 2.23. The van der Waals surface area contributed by atoms with Gasteiger partial charge in [-0.3, -0.25) is 4.79 Å². The third-order valence-electron chi connectivity index (χ3n) is 5.54. The number of hydrogen-bond donors (Lipinski definition) is 2. The first-order chi connectivity index (χ1) is 16.0. The van der Waals surface area contributed by atoms with Crippen molar-refractivity contribution < 1.29 is 24.2 Å². The molecule has 1 aliphatic heterocycles. The summed E-state index contributed by atoms with van der Waals surface area (Å²) in [6, 6.07) is 12.7. The fourth-order valence-corrected chi connectivity index (χ4v) is 3.92. The predicted molar refractivity (Wildman–Crippen MR) is 129 cm³/mol. The summed E-state index contributed by atoms with van der Waals surface area (Å²) >= 11 is 0. The van der Waals surface area contributed by atoms with Crippen LogP contribution in [-0.2, 0) is 11.3 Å². The van der Waals surface area contributed by atoms with Gasteiger partial charge < -0.3 is 24.8 Å². The van der Waals surface area contributed by atoms with Crippen molar-refractivity contribution in [3.05, 3.63) is 59.2 Å². The zero-order chi connectivity index (χ0) is 24.2. The van der Waals surface area contributed by atoms with E-state index in [1.807, 2.05) is 49.9 Å². The first-order valence-corrected chi connectivity index (χ1v) is 11.6. The Morgan fingerprint density at radius 1 is 1.18 bits per heavy atom. The van der Waals surface area contributed by atoms with E-state index < -0.39 is 5.97 Å². The second-order valence-electron chi connectivity index (χ2n) is 7.62. The van der Waals surface area contributed by atoms with Crippen LogP contribution in [0, 0.1) is 0 Å². The lowest BCUT2D eigenvalue weighted by Crippen LogP contribution is -2.43. The molecule has 0 spiro atoms. The van der Waals surface area contributed by atoms with E-state index in [1.54, 1.807) is 25.3 Å². The molecule has 2 N–H and O–H groups in total. The van der Waals surface area contributed by atoms with Crippen LogP contribution in [0.1, 0.15) is 61.0 Å². The largest absolute Gasteiger partial charge is 0.497 e. The highest BCUT2D eigenvalue weighted by Crippen LogP contribution is 2.28. The average Bonchev–Trinajstić information content (AvgIpc) is 2.86. The van der Waals surface area contributed by atoms with E-state index in [1.165, 1.54) is 0 Å². The number of rotatable bonds is 9. The molecule has 180 valence electrons. The van der Waals surface area contributed by atoms with Crippen molar-refractivity contribution in [2.75, 3.05) is 33.4 Å². The number of methoxy groups -OCH3 is 1. The smallest absolute Gasteiger partial charge is 0.335 e. The Morgan fingerprint density at radius 3 is 2.67 bits per heavy atom. The van der Waals surface area contributed by atoms with E-state index in [-0.39, 0.29) is 23.9 Å². The van der Waals surface area contributed by atoms with Crippen molar-refractivity contribution >= 4 is 11.9 Å². The number of nitrogens with one attached hydrogen (secondary N) is 1. The number of carboxylic acid groups (broad SMARTS) is 1. The molecule has 33 heavy (non-hydrogen) atoms. The monoisotopic (exact) mass is 456 g/mol. The Bertz CT molecular complexity index is 915. The first-order valence-electron chi connectivity index (χ1n) is 11.6. The van der Waals surface area contributed by atoms with Crippen LogP contribution < -0.4 is 14.8 Å². The quantitative estimate of drug-likeness (QED) is 0.585. The molecule has 2 aromatic rings. The molecule has 0 aromatic heterocycles. The van der Waals surface area contributed by atoms with Crippen LogP contribution in [0.3, 0.4) is 0 Å². The number of benzene rings is 2. The van der Waals surface area contributed by atoms with Gasteiger partial charge in [0.25, 0.3) is 0 Å². The molecule has 7 heteroatoms. The van der Waals surface area contributed by atoms with Crippen LogP contribution in [-0.4, -0.2) is 55.2 Å². The standard InChI is InChI=1S/C24H30N2O5.C2H6/c1-3-31-22-13-21(30-2)10-9-19(22)14-25-15-23(27)26-11-5-8-20(16-26)17-6-4-7-18(12-17)24(28)29;1-2/h4,6-7,9-10,12-13,20,25H,3,5,8,11,14-16H2,1-2H3,(H,28,29);1-2H3. The molecule has 2 aromatic carbocycles. The zero-order valence-corrected chi connectivity index (χ0v) is 20.1. The van der Waals surface area contributed by atoms with Gasteiger partial charge in [-0.25, -0.2) is 4.79 Å². The number of aromatic carboxylic acids is 1. The van der Waals surface area contributed by atoms with Gasteiger partial charge in [-0.15, -0.1) is 0 Å². The van der Waals surface area contributed by atoms with Crippen molar-refractivity contribution in [1.82, 2.24) is 10.2 Å². The minimum absolute atomic E-state index is 0.0468. The molecular weight excluding hydrogens is 420 g/mol. The molecule has 0 aliphatic carbocycles. The van der Waals surface area contributed by atoms with Crippen molar-refractivity contribution in [2.45, 2.75) is 46.1 Å². The molecule has 1 saturated heterocycles. The molecule has 1 atom stereocenters. The van der Waals surface area contributed by atoms with Crippen molar-refractivity contribution in [1.29, 1.82) is 0 Å². The lowest BCUT2D eigenvalue weighted by atomic mass is 9.89. The fourth-order valence-electron chi connectivity index (χ4n) is 3.92. The van der Waals surface area contributed by atoms with Crippen molar-refractivity contribution in [3.8, 4) is 11.5 Å². The molecule has 0 bridgehead atoms. The van der Waals surface area contributed by atoms with Crippen LogP contribution in [0.2, 0.25) is 0 Å². The molecule has 1 aliphatic rings. The number of carbonyl (C=O) groups is 2. The molecule has 1 heterocycles. The van der Waals surface area contributed by atoms with Gasteiger partial charge in [-0.2, -0.15) is 0 Å². The second kappa shape index (κ2) is 13.5. The van der Waals surface area contributed by atoms with E-state index in [2.05, 4.69) is 5.32 Å². The van der Waals surface area contributed by atoms with E-state index in [0.29, 0.717) is 19.7 Å². The summed E-state index contributed by atoms with van der Waals surface area (Å²) in [6.45, 7) is 8.57. The molecule has 1 fully saturated rings. The normalized spacial score (nSPS) is 15.3. The summed E-state index contributed by atoms with van der Waals surface area (Å²) in [5, 5.41) is 12.5. The summed E-state index contributed by atoms with van der Waals surface area (Å²) in [4.78, 5) is 25.9. The highest BCUT2D eigenvalue weighted by molar-refractivity contribution is 5.87. The lowest BCUT2D eigenvalue weighted by molar-refractivity contribution is -0.131. The number of ether oxygens (including phenoxy) is 2. The van der Waals surface area contributed by atoms with Crippen LogP contribution in [0.25, 0.3) is 0 Å². The highest BCUT2D eigenvalue weighted by Gasteiger charge is 2.25. The van der Waals surface area contributed by atoms with Gasteiger partial charge in [0.1, 0.15) is 11.5 Å². The molecule has 1 unspecified atom stereocenters. The number of carbonyl (C=O) groups excluding carboxylic acids is 1. The number of likely N-dealkylation sites (tertiary alicyclic amines) is 1. The molecule has 1 amide bonds. The number of piperidine rings is 1. The minimum atomic E-state index is -0.931. The van der Waals surface area contributed by atoms with Crippen LogP contribution in [0.4, 0.5) is 0 Å². The molecule has 0 saturated carbocycles. The van der Waals surface area contributed by atoms with Crippen LogP contribution in [0.5, 0.6) is 11.5 Å². The third kappa shape index (κ3) is 7.49. The van der Waals surface area contributed by atoms with Crippen molar-refractivity contribution in [2.24, 2.45) is 0 Å². The van der Waals surface area contributed by atoms with Gasteiger partial charge in [-0.1, -0.05) is 32.0 Å². The zero-order valence-electron chi connectivity index (χ0n) is 20.1. The number of carboxylic acids is 1. The van der Waals surface area contributed by atoms with Gasteiger partial charge >= 0.3 is 5.97 Å². The first kappa shape index (κ1) is 26.2. The van der Waals surface area contributed by atoms with Gasteiger partial charge in [-0.05, 0) is 43.5 Å². The average molecular weight is 457 g/mol. The summed E-state index contributed by atoms with van der Waals surface area (Å²) < 4.78 is 10.9. The van der Waals surface area contributed by atoms with Gasteiger partial charge in [0.2, 0.25) is 5.91 Å². The second-order valence-corrected chi connectivity index (χ2v) is 7.62. The number of nitrogens with zero attached hydrogens (tertiary/aromatic N) is 1. The third-order valence-corrected chi connectivity index (χ3v) is 5.54. The maximum Gasteiger partial charge on any atom is 0.335 e. The molecule has 7 nitrogen and oxygen atoms in total. The Hall–Kier alpha value is -3.06. The maximum atomic E-state index is 12.8. The van der Waals surface area contributed by atoms with Gasteiger partial charge in [0, 0.05) is 37.2 Å². The Morgan fingerprint density at radius 2 is 1.97 bits per heavy atom. The minimum Gasteiger partial charge on any atom is -0.497 e. The molecule has 3 rings (SSSR count). The maximum absolute atomic E-state index is 12.8. The van der Waals surface area contributed by atoms with Gasteiger partial charge in [0.15, 0.2) is 0 Å². The highest BCUT2D eigenvalue weighted by atomic mass is 16.5. The predicted octanol–water partition coefficient (Wildman–Crippen LogP) is 4.31. The summed E-state index contributed by atoms with van der Waals surface area (Å²) in [5.74, 6) is 0.751. The Labute approximate surface area is 196 Å². The topological polar surface area (TPSA) is 88.1 Å². The van der Waals surface area contributed by atoms with Crippen LogP contribution >= 0.6 is 0 Å². The van der Waals surface area contributed by atoms with Crippen LogP contribution in [0.15, 0.2) is 42.5 Å². The molecular formula is C26H36N2O5. The number of hydrogen-bond acceptors (Lipinski definition) is 5. The lowest BCUT2D eigenvalue weighted by Gasteiger charge is -2.33. The van der Waals surface area contributed by atoms with Gasteiger partial charge in [0.05, 0.1) is 25.8 Å². The van der Waals surface area contributed by atoms with Crippen molar-refractivity contribution in [3.63, 3.8) is 0 Å². The van der Waals surface area contributed by atoms with E-state index >= 15 is 0 Å².